The van der Waals surface area contributed by atoms with Gasteiger partial charge in [-0.1, -0.05) is 30.3 Å². The average Bonchev–Trinajstić information content (AvgIpc) is 3.65. The number of hydrogen-bond acceptors (Lipinski definition) is 8. The molecule has 1 aromatic heterocycles. The van der Waals surface area contributed by atoms with Crippen LogP contribution in [0.15, 0.2) is 66.2 Å². The van der Waals surface area contributed by atoms with Gasteiger partial charge in [0.05, 0.1) is 5.69 Å². The molecule has 2 fully saturated rings. The minimum atomic E-state index is -1.07. The fraction of sp³-hybridized carbons (Fsp3) is 0.387. The van der Waals surface area contributed by atoms with Gasteiger partial charge in [-0.25, -0.2) is 9.78 Å². The van der Waals surface area contributed by atoms with E-state index in [9.17, 15) is 19.2 Å². The van der Waals surface area contributed by atoms with Crippen LogP contribution < -0.4 is 20.9 Å². The van der Waals surface area contributed by atoms with Crippen LogP contribution in [0.1, 0.15) is 55.6 Å². The minimum absolute atomic E-state index is 0.154. The van der Waals surface area contributed by atoms with Gasteiger partial charge < -0.3 is 25.6 Å². The summed E-state index contributed by atoms with van der Waals surface area (Å²) in [7, 11) is 0. The molecule has 3 aromatic rings. The van der Waals surface area contributed by atoms with E-state index in [4.69, 9.17) is 4.74 Å². The molecule has 2 atom stereocenters. The molecule has 4 amide bonds. The second-order valence-electron chi connectivity index (χ2n) is 11.5. The van der Waals surface area contributed by atoms with Crippen molar-refractivity contribution in [1.29, 1.82) is 0 Å². The number of carbonyl (C=O) groups is 4. The summed E-state index contributed by atoms with van der Waals surface area (Å²) in [5.41, 5.74) is 0.828. The molecule has 5 rings (SSSR count). The molecule has 1 saturated heterocycles. The Morgan fingerprint density at radius 3 is 2.42 bits per heavy atom. The highest BCUT2D eigenvalue weighted by Crippen LogP contribution is 2.30. The topological polar surface area (TPSA) is 133 Å². The molecule has 0 bridgehead atoms. The maximum atomic E-state index is 14.3. The number of nitrogens with one attached hydrogen (secondary N) is 3. The molecule has 2 aromatic carbocycles. The highest BCUT2D eigenvalue weighted by atomic mass is 32.1. The van der Waals surface area contributed by atoms with Crippen LogP contribution in [0, 0.1) is 0 Å². The van der Waals surface area contributed by atoms with E-state index < -0.39 is 29.7 Å². The van der Waals surface area contributed by atoms with Crippen LogP contribution in [0.3, 0.4) is 0 Å². The molecule has 1 saturated carbocycles. The number of thiazole rings is 1. The molecule has 3 N–H and O–H groups in total. The number of nitrogens with zero attached hydrogens (tertiary/aromatic N) is 3. The first-order valence-corrected chi connectivity index (χ1v) is 15.2. The van der Waals surface area contributed by atoms with Crippen LogP contribution in [-0.4, -0.2) is 71.0 Å². The van der Waals surface area contributed by atoms with Crippen molar-refractivity contribution in [3.8, 4) is 0 Å². The molecule has 2 aliphatic rings. The SMILES string of the molecule is CC(C)(C)OC(=O)NC(C(=O)N1CCNCC1C(=O)N(c1ccc(C(=O)NC2CC2)cc1)c1nccs1)c1ccccc1. The van der Waals surface area contributed by atoms with Crippen molar-refractivity contribution in [3.63, 3.8) is 0 Å². The van der Waals surface area contributed by atoms with Crippen molar-refractivity contribution >= 4 is 46.0 Å². The molecule has 1 aliphatic carbocycles. The first-order chi connectivity index (χ1) is 20.6. The first-order valence-electron chi connectivity index (χ1n) is 14.3. The van der Waals surface area contributed by atoms with Gasteiger partial charge in [-0.3, -0.25) is 19.3 Å². The van der Waals surface area contributed by atoms with E-state index in [1.165, 1.54) is 21.1 Å². The summed E-state index contributed by atoms with van der Waals surface area (Å²) in [6.45, 7) is 6.18. The Kier molecular flexibility index (Phi) is 9.07. The summed E-state index contributed by atoms with van der Waals surface area (Å²) in [6.07, 6.45) is 2.84. The zero-order valence-electron chi connectivity index (χ0n) is 24.4. The smallest absolute Gasteiger partial charge is 0.408 e. The molecule has 0 spiro atoms. The van der Waals surface area contributed by atoms with E-state index in [1.807, 2.05) is 6.07 Å². The van der Waals surface area contributed by atoms with E-state index in [0.29, 0.717) is 28.5 Å². The van der Waals surface area contributed by atoms with Gasteiger partial charge in [0.2, 0.25) is 0 Å². The van der Waals surface area contributed by atoms with Crippen molar-refractivity contribution in [1.82, 2.24) is 25.8 Å². The standard InChI is InChI=1S/C31H36N6O5S/c1-31(2,3)42-30(41)35-25(20-7-5-4-6-8-20)28(40)36-17-15-32-19-24(36)27(39)37(29-33-16-18-43-29)23-13-9-21(10-14-23)26(38)34-22-11-12-22/h4-10,13-14,16,18,22,24-25,32H,11-12,15,17,19H2,1-3H3,(H,34,38)(H,35,41). The lowest BCUT2D eigenvalue weighted by Gasteiger charge is -2.39. The maximum absolute atomic E-state index is 14.3. The number of carbonyl (C=O) groups excluding carboxylic acids is 4. The van der Waals surface area contributed by atoms with Crippen LogP contribution in [0.25, 0.3) is 0 Å². The highest BCUT2D eigenvalue weighted by Gasteiger charge is 2.40. The van der Waals surface area contributed by atoms with Crippen molar-refractivity contribution in [2.75, 3.05) is 24.5 Å². The zero-order valence-corrected chi connectivity index (χ0v) is 25.2. The second-order valence-corrected chi connectivity index (χ2v) is 12.4. The molecule has 0 radical (unpaired) electrons. The first kappa shape index (κ1) is 30.2. The molecule has 11 nitrogen and oxygen atoms in total. The summed E-state index contributed by atoms with van der Waals surface area (Å²) in [4.78, 5) is 61.2. The zero-order chi connectivity index (χ0) is 30.6. The number of piperazine rings is 1. The lowest BCUT2D eigenvalue weighted by Crippen LogP contribution is -2.61. The van der Waals surface area contributed by atoms with Gasteiger partial charge in [-0.2, -0.15) is 0 Å². The van der Waals surface area contributed by atoms with E-state index in [2.05, 4.69) is 20.9 Å². The van der Waals surface area contributed by atoms with E-state index >= 15 is 0 Å². The average molecular weight is 605 g/mol. The van der Waals surface area contributed by atoms with Crippen LogP contribution in [-0.2, 0) is 14.3 Å². The number of alkyl carbamates (subject to hydrolysis) is 1. The number of aromatic nitrogens is 1. The predicted octanol–water partition coefficient (Wildman–Crippen LogP) is 3.77. The van der Waals surface area contributed by atoms with E-state index in [0.717, 1.165) is 12.8 Å². The summed E-state index contributed by atoms with van der Waals surface area (Å²) in [5.74, 6) is -0.947. The molecule has 43 heavy (non-hydrogen) atoms. The lowest BCUT2D eigenvalue weighted by atomic mass is 10.0. The number of ether oxygens (including phenoxy) is 1. The Morgan fingerprint density at radius 2 is 1.79 bits per heavy atom. The van der Waals surface area contributed by atoms with Gasteiger partial charge in [0, 0.05) is 42.8 Å². The molecule has 2 unspecified atom stereocenters. The lowest BCUT2D eigenvalue weighted by molar-refractivity contribution is -0.142. The Morgan fingerprint density at radius 1 is 1.07 bits per heavy atom. The molecule has 226 valence electrons. The second kappa shape index (κ2) is 12.9. The Balaban J connectivity index is 1.42. The van der Waals surface area contributed by atoms with Gasteiger partial charge in [0.25, 0.3) is 17.7 Å². The third-order valence-electron chi connectivity index (χ3n) is 6.98. The monoisotopic (exact) mass is 604 g/mol. The molecule has 12 heteroatoms. The summed E-state index contributed by atoms with van der Waals surface area (Å²) >= 11 is 1.29. The molecular weight excluding hydrogens is 568 g/mol. The Bertz CT molecular complexity index is 1440. The number of anilines is 2. The molecular formula is C31H36N6O5S. The van der Waals surface area contributed by atoms with E-state index in [1.54, 1.807) is 80.9 Å². The van der Waals surface area contributed by atoms with Gasteiger partial charge in [0.1, 0.15) is 17.7 Å². The van der Waals surface area contributed by atoms with Crippen molar-refractivity contribution in [2.45, 2.75) is 57.3 Å². The fourth-order valence-electron chi connectivity index (χ4n) is 4.78. The minimum Gasteiger partial charge on any atom is -0.444 e. The van der Waals surface area contributed by atoms with E-state index in [-0.39, 0.29) is 30.9 Å². The number of hydrogen-bond donors (Lipinski definition) is 3. The Labute approximate surface area is 254 Å². The number of benzene rings is 2. The van der Waals surface area contributed by atoms with Crippen LogP contribution >= 0.6 is 11.3 Å². The van der Waals surface area contributed by atoms with Crippen LogP contribution in [0.5, 0.6) is 0 Å². The fourth-order valence-corrected chi connectivity index (χ4v) is 5.44. The normalized spacial score (nSPS) is 17.5. The number of rotatable bonds is 8. The van der Waals surface area contributed by atoms with Crippen LogP contribution in [0.4, 0.5) is 15.6 Å². The van der Waals surface area contributed by atoms with Crippen LogP contribution in [0.2, 0.25) is 0 Å². The maximum Gasteiger partial charge on any atom is 0.408 e. The van der Waals surface area contributed by atoms with Gasteiger partial charge in [-0.15, -0.1) is 11.3 Å². The largest absolute Gasteiger partial charge is 0.444 e. The van der Waals surface area contributed by atoms with Gasteiger partial charge in [-0.05, 0) is 63.4 Å². The molecule has 2 heterocycles. The Hall–Kier alpha value is -4.29. The third-order valence-corrected chi connectivity index (χ3v) is 7.74. The van der Waals surface area contributed by atoms with Gasteiger partial charge >= 0.3 is 6.09 Å². The molecule has 1 aliphatic heterocycles. The predicted molar refractivity (Wildman–Crippen MR) is 163 cm³/mol. The third kappa shape index (κ3) is 7.57. The quantitative estimate of drug-likeness (QED) is 0.357. The van der Waals surface area contributed by atoms with Crippen molar-refractivity contribution in [2.24, 2.45) is 0 Å². The van der Waals surface area contributed by atoms with Gasteiger partial charge in [0.15, 0.2) is 5.13 Å². The summed E-state index contributed by atoms with van der Waals surface area (Å²) in [6, 6.07) is 13.9. The summed E-state index contributed by atoms with van der Waals surface area (Å²) in [5, 5.41) is 11.1. The van der Waals surface area contributed by atoms with Crippen molar-refractivity contribution < 1.29 is 23.9 Å². The number of amides is 4. The van der Waals surface area contributed by atoms with Crippen molar-refractivity contribution in [3.05, 3.63) is 77.3 Å². The highest BCUT2D eigenvalue weighted by molar-refractivity contribution is 7.13. The summed E-state index contributed by atoms with van der Waals surface area (Å²) < 4.78 is 5.45.